The van der Waals surface area contributed by atoms with Gasteiger partial charge in [0, 0.05) is 25.4 Å². The van der Waals surface area contributed by atoms with E-state index in [0.29, 0.717) is 36.6 Å². The predicted molar refractivity (Wildman–Crippen MR) is 91.8 cm³/mol. The summed E-state index contributed by atoms with van der Waals surface area (Å²) >= 11 is 0. The Labute approximate surface area is 148 Å². The van der Waals surface area contributed by atoms with Gasteiger partial charge in [0.2, 0.25) is 17.7 Å². The Balaban J connectivity index is 1.35. The average Bonchev–Trinajstić information content (AvgIpc) is 3.33. The molecule has 4 rings (SSSR count). The molecule has 1 amide bonds. The summed E-state index contributed by atoms with van der Waals surface area (Å²) in [6, 6.07) is 0. The topological polar surface area (TPSA) is 68.5 Å². The van der Waals surface area contributed by atoms with Gasteiger partial charge in [-0.15, -0.1) is 10.2 Å². The van der Waals surface area contributed by atoms with E-state index in [4.69, 9.17) is 9.15 Å². The van der Waals surface area contributed by atoms with E-state index < -0.39 is 0 Å². The molecule has 2 aliphatic heterocycles. The highest BCUT2D eigenvalue weighted by Gasteiger charge is 2.42. The minimum absolute atomic E-state index is 0.0937. The molecule has 3 aliphatic rings. The number of nitrogens with zero attached hydrogens (tertiary/aromatic N) is 3. The van der Waals surface area contributed by atoms with Gasteiger partial charge in [0.1, 0.15) is 6.10 Å². The van der Waals surface area contributed by atoms with Crippen molar-refractivity contribution in [2.24, 2.45) is 11.8 Å². The number of allylic oxidation sites excluding steroid dienone is 2. The Bertz CT molecular complexity index is 654. The minimum atomic E-state index is -0.122. The van der Waals surface area contributed by atoms with E-state index >= 15 is 0 Å². The van der Waals surface area contributed by atoms with Crippen molar-refractivity contribution < 1.29 is 13.9 Å². The summed E-state index contributed by atoms with van der Waals surface area (Å²) in [6.07, 6.45) is 9.11. The van der Waals surface area contributed by atoms with Gasteiger partial charge < -0.3 is 14.1 Å². The van der Waals surface area contributed by atoms with E-state index in [1.165, 1.54) is 0 Å². The monoisotopic (exact) mass is 345 g/mol. The van der Waals surface area contributed by atoms with Gasteiger partial charge in [-0.3, -0.25) is 4.79 Å². The van der Waals surface area contributed by atoms with Crippen LogP contribution in [0.1, 0.15) is 69.8 Å². The lowest BCUT2D eigenvalue weighted by atomic mass is 9.91. The van der Waals surface area contributed by atoms with Gasteiger partial charge in [-0.25, -0.2) is 0 Å². The third-order valence-corrected chi connectivity index (χ3v) is 5.68. The van der Waals surface area contributed by atoms with Gasteiger partial charge in [-0.1, -0.05) is 26.0 Å². The highest BCUT2D eigenvalue weighted by atomic mass is 16.5. The van der Waals surface area contributed by atoms with Gasteiger partial charge in [-0.2, -0.15) is 0 Å². The van der Waals surface area contributed by atoms with E-state index in [2.05, 4.69) is 22.3 Å². The molecule has 0 spiro atoms. The fourth-order valence-electron chi connectivity index (χ4n) is 4.14. The third-order valence-electron chi connectivity index (χ3n) is 5.68. The highest BCUT2D eigenvalue weighted by Crippen LogP contribution is 2.41. The van der Waals surface area contributed by atoms with Crippen LogP contribution >= 0.6 is 0 Å². The Hall–Kier alpha value is -1.69. The van der Waals surface area contributed by atoms with Crippen LogP contribution in [-0.4, -0.2) is 40.2 Å². The molecule has 1 aromatic rings. The first kappa shape index (κ1) is 16.8. The Morgan fingerprint density at radius 2 is 2.24 bits per heavy atom. The van der Waals surface area contributed by atoms with Crippen LogP contribution in [0.15, 0.2) is 16.6 Å². The lowest BCUT2D eigenvalue weighted by Crippen LogP contribution is -2.45. The van der Waals surface area contributed by atoms with Gasteiger partial charge >= 0.3 is 0 Å². The molecule has 0 radical (unpaired) electrons. The number of hydrogen-bond acceptors (Lipinski definition) is 5. The lowest BCUT2D eigenvalue weighted by molar-refractivity contribution is -0.136. The van der Waals surface area contributed by atoms with Crippen molar-refractivity contribution in [3.05, 3.63) is 23.9 Å². The van der Waals surface area contributed by atoms with Gasteiger partial charge in [0.25, 0.3) is 0 Å². The van der Waals surface area contributed by atoms with Crippen LogP contribution in [0.5, 0.6) is 0 Å². The molecule has 6 nitrogen and oxygen atoms in total. The molecule has 2 fully saturated rings. The molecule has 0 N–H and O–H groups in total. The van der Waals surface area contributed by atoms with Crippen LogP contribution in [0.25, 0.3) is 0 Å². The van der Waals surface area contributed by atoms with Gasteiger partial charge in [-0.05, 0) is 37.5 Å². The van der Waals surface area contributed by atoms with Crippen LogP contribution in [0.4, 0.5) is 0 Å². The van der Waals surface area contributed by atoms with E-state index in [-0.39, 0.29) is 24.0 Å². The van der Waals surface area contributed by atoms with Crippen molar-refractivity contribution in [3.63, 3.8) is 0 Å². The number of likely N-dealkylation sites (tertiary alicyclic amines) is 1. The fraction of sp³-hybridized carbons (Fsp3) is 0.737. The second kappa shape index (κ2) is 6.90. The summed E-state index contributed by atoms with van der Waals surface area (Å²) in [6.45, 7) is 5.61. The highest BCUT2D eigenvalue weighted by molar-refractivity contribution is 5.77. The second-order valence-electron chi connectivity index (χ2n) is 7.89. The molecule has 1 aliphatic carbocycles. The Morgan fingerprint density at radius 3 is 2.96 bits per heavy atom. The number of aromatic nitrogens is 2. The lowest BCUT2D eigenvalue weighted by Gasteiger charge is -2.34. The van der Waals surface area contributed by atoms with Crippen LogP contribution in [-0.2, 0) is 9.53 Å². The molecule has 2 saturated heterocycles. The molecule has 1 aromatic heterocycles. The van der Waals surface area contributed by atoms with Crippen molar-refractivity contribution in [3.8, 4) is 0 Å². The van der Waals surface area contributed by atoms with Crippen molar-refractivity contribution in [1.82, 2.24) is 15.1 Å². The molecule has 4 atom stereocenters. The summed E-state index contributed by atoms with van der Waals surface area (Å²) in [5, 5.41) is 8.28. The molecule has 0 bridgehead atoms. The normalized spacial score (nSPS) is 31.7. The number of hydrogen-bond donors (Lipinski definition) is 0. The first-order valence-corrected chi connectivity index (χ1v) is 9.53. The summed E-state index contributed by atoms with van der Waals surface area (Å²) in [7, 11) is 0. The third kappa shape index (κ3) is 3.50. The van der Waals surface area contributed by atoms with Crippen molar-refractivity contribution in [2.45, 2.75) is 64.1 Å². The van der Waals surface area contributed by atoms with Crippen LogP contribution in [0, 0.1) is 11.8 Å². The Morgan fingerprint density at radius 1 is 1.36 bits per heavy atom. The molecular formula is C19H27N3O3. The average molecular weight is 345 g/mol. The van der Waals surface area contributed by atoms with Crippen molar-refractivity contribution in [2.75, 3.05) is 13.1 Å². The van der Waals surface area contributed by atoms with Gasteiger partial charge in [0.15, 0.2) is 0 Å². The molecule has 136 valence electrons. The zero-order valence-corrected chi connectivity index (χ0v) is 15.1. The summed E-state index contributed by atoms with van der Waals surface area (Å²) in [4.78, 5) is 14.6. The number of fused-ring (bicyclic) bond motifs is 1. The summed E-state index contributed by atoms with van der Waals surface area (Å²) < 4.78 is 12.0. The zero-order chi connectivity index (χ0) is 17.4. The second-order valence-corrected chi connectivity index (χ2v) is 7.89. The molecule has 0 aromatic carbocycles. The largest absolute Gasteiger partial charge is 0.422 e. The van der Waals surface area contributed by atoms with Gasteiger partial charge in [0.05, 0.1) is 6.10 Å². The maximum absolute atomic E-state index is 12.6. The zero-order valence-electron chi connectivity index (χ0n) is 15.1. The molecule has 1 unspecified atom stereocenters. The molecule has 0 saturated carbocycles. The number of carbonyl (C=O) groups excluding carboxylic acids is 1. The van der Waals surface area contributed by atoms with Crippen molar-refractivity contribution in [1.29, 1.82) is 0 Å². The van der Waals surface area contributed by atoms with E-state index in [1.54, 1.807) is 0 Å². The number of carbonyl (C=O) groups is 1. The minimum Gasteiger partial charge on any atom is -0.422 e. The number of amides is 1. The molecule has 25 heavy (non-hydrogen) atoms. The van der Waals surface area contributed by atoms with E-state index in [0.717, 1.165) is 32.2 Å². The number of rotatable bonds is 4. The van der Waals surface area contributed by atoms with E-state index in [1.807, 2.05) is 18.7 Å². The maximum Gasteiger partial charge on any atom is 0.245 e. The first-order chi connectivity index (χ1) is 12.1. The van der Waals surface area contributed by atoms with Crippen LogP contribution < -0.4 is 0 Å². The number of piperidine rings is 1. The number of ether oxygens (including phenoxy) is 1. The van der Waals surface area contributed by atoms with Crippen LogP contribution in [0.3, 0.4) is 0 Å². The predicted octanol–water partition coefficient (Wildman–Crippen LogP) is 3.23. The standard InChI is InChI=1S/C19H27N3O3/c1-12(2)18-20-21-19(25-18)15-10-14-7-8-22(11-16(14)24-15)17(23)9-13-5-3-4-6-13/h3,5,12-16H,4,6-11H2,1-2H3/t13?,14-,15-,16+/m0/s1. The first-order valence-electron chi connectivity index (χ1n) is 9.53. The smallest absolute Gasteiger partial charge is 0.245 e. The molecule has 3 heterocycles. The molecular weight excluding hydrogens is 318 g/mol. The van der Waals surface area contributed by atoms with Crippen molar-refractivity contribution >= 4 is 5.91 Å². The fourth-order valence-corrected chi connectivity index (χ4v) is 4.14. The summed E-state index contributed by atoms with van der Waals surface area (Å²) in [5.74, 6) is 2.65. The molecule has 6 heteroatoms. The SMILES string of the molecule is CC(C)c1nnc([C@@H]2C[C@@H]3CCN(C(=O)CC4C=CCC4)C[C@H]3O2)o1. The summed E-state index contributed by atoms with van der Waals surface area (Å²) in [5.41, 5.74) is 0. The van der Waals surface area contributed by atoms with E-state index in [9.17, 15) is 4.79 Å². The maximum atomic E-state index is 12.6. The quantitative estimate of drug-likeness (QED) is 0.784. The Kier molecular flexibility index (Phi) is 4.63. The van der Waals surface area contributed by atoms with Crippen LogP contribution in [0.2, 0.25) is 0 Å².